The van der Waals surface area contributed by atoms with E-state index in [2.05, 4.69) is 55.8 Å². The fourth-order valence-electron chi connectivity index (χ4n) is 4.30. The average Bonchev–Trinajstić information content (AvgIpc) is 3.52. The lowest BCUT2D eigenvalue weighted by atomic mass is 9.70. The molecule has 0 heterocycles. The largest absolute Gasteiger partial charge is 0.478 e. The van der Waals surface area contributed by atoms with Crippen LogP contribution in [0.25, 0.3) is 0 Å². The normalized spacial score (nSPS) is 20.2. The van der Waals surface area contributed by atoms with Gasteiger partial charge in [0, 0.05) is 23.2 Å². The first-order valence-corrected chi connectivity index (χ1v) is 10.1. The van der Waals surface area contributed by atoms with E-state index in [0.717, 1.165) is 17.2 Å². The van der Waals surface area contributed by atoms with Crippen molar-refractivity contribution in [3.8, 4) is 11.8 Å². The number of carboxylic acid groups (broad SMARTS) is 1. The molecule has 28 heavy (non-hydrogen) atoms. The standard InChI is InChI=1S/C25H27NO2/c1-25(2)15-14-23(26(3)20-11-12-20)21-13-8-18(16-22(21)25)5-4-17-6-9-19(10-7-17)24(27)28/h6-10,13,16,20,23H,11-12,14-15H2,1-3H3,(H,27,28). The van der Waals surface area contributed by atoms with E-state index < -0.39 is 5.97 Å². The molecule has 1 N–H and O–H groups in total. The molecule has 0 bridgehead atoms. The van der Waals surface area contributed by atoms with Crippen LogP contribution in [-0.2, 0) is 5.41 Å². The fourth-order valence-corrected chi connectivity index (χ4v) is 4.30. The lowest BCUT2D eigenvalue weighted by Gasteiger charge is -2.41. The Hall–Kier alpha value is -2.57. The van der Waals surface area contributed by atoms with E-state index in [1.807, 2.05) is 0 Å². The van der Waals surface area contributed by atoms with Gasteiger partial charge in [0.2, 0.25) is 0 Å². The van der Waals surface area contributed by atoms with Gasteiger partial charge in [0.15, 0.2) is 0 Å². The number of fused-ring (bicyclic) bond motifs is 1. The van der Waals surface area contributed by atoms with Gasteiger partial charge in [0.25, 0.3) is 0 Å². The van der Waals surface area contributed by atoms with Crippen LogP contribution in [0.15, 0.2) is 42.5 Å². The van der Waals surface area contributed by atoms with Gasteiger partial charge < -0.3 is 5.11 Å². The third-order valence-electron chi connectivity index (χ3n) is 6.28. The van der Waals surface area contributed by atoms with Crippen LogP contribution in [0.1, 0.15) is 78.2 Å². The van der Waals surface area contributed by atoms with E-state index in [9.17, 15) is 4.79 Å². The summed E-state index contributed by atoms with van der Waals surface area (Å²) in [6, 6.07) is 14.7. The Bertz CT molecular complexity index is 958. The summed E-state index contributed by atoms with van der Waals surface area (Å²) in [5.41, 5.74) is 5.17. The summed E-state index contributed by atoms with van der Waals surface area (Å²) in [6.45, 7) is 4.67. The number of aromatic carboxylic acids is 1. The number of benzene rings is 2. The Kier molecular flexibility index (Phi) is 4.77. The average molecular weight is 373 g/mol. The second-order valence-corrected chi connectivity index (χ2v) is 8.77. The quantitative estimate of drug-likeness (QED) is 0.771. The second-order valence-electron chi connectivity index (χ2n) is 8.77. The van der Waals surface area contributed by atoms with Crippen molar-refractivity contribution >= 4 is 5.97 Å². The zero-order valence-corrected chi connectivity index (χ0v) is 16.8. The van der Waals surface area contributed by atoms with Crippen LogP contribution in [0.2, 0.25) is 0 Å². The highest BCUT2D eigenvalue weighted by molar-refractivity contribution is 5.87. The minimum absolute atomic E-state index is 0.164. The predicted octanol–water partition coefficient (Wildman–Crippen LogP) is 4.99. The van der Waals surface area contributed by atoms with Gasteiger partial charge in [-0.05, 0) is 85.7 Å². The van der Waals surface area contributed by atoms with Crippen molar-refractivity contribution < 1.29 is 9.90 Å². The van der Waals surface area contributed by atoms with Crippen molar-refractivity contribution in [1.29, 1.82) is 0 Å². The van der Waals surface area contributed by atoms with E-state index in [1.54, 1.807) is 24.3 Å². The summed E-state index contributed by atoms with van der Waals surface area (Å²) in [4.78, 5) is 13.5. The molecular weight excluding hydrogens is 346 g/mol. The number of hydrogen-bond acceptors (Lipinski definition) is 2. The van der Waals surface area contributed by atoms with Gasteiger partial charge in [-0.3, -0.25) is 4.90 Å². The molecule has 3 heteroatoms. The molecule has 2 aliphatic carbocycles. The number of rotatable bonds is 3. The summed E-state index contributed by atoms with van der Waals surface area (Å²) in [5, 5.41) is 9.00. The van der Waals surface area contributed by atoms with Gasteiger partial charge in [-0.1, -0.05) is 31.8 Å². The maximum Gasteiger partial charge on any atom is 0.335 e. The van der Waals surface area contributed by atoms with Crippen molar-refractivity contribution in [1.82, 2.24) is 4.90 Å². The Labute approximate surface area is 167 Å². The van der Waals surface area contributed by atoms with E-state index in [0.29, 0.717) is 6.04 Å². The van der Waals surface area contributed by atoms with E-state index in [1.165, 1.54) is 36.8 Å². The zero-order chi connectivity index (χ0) is 19.9. The first-order valence-electron chi connectivity index (χ1n) is 10.1. The molecule has 0 aliphatic heterocycles. The van der Waals surface area contributed by atoms with Crippen molar-refractivity contribution in [2.45, 2.75) is 57.0 Å². The van der Waals surface area contributed by atoms with Crippen LogP contribution in [-0.4, -0.2) is 29.1 Å². The molecule has 1 unspecified atom stereocenters. The van der Waals surface area contributed by atoms with Crippen LogP contribution in [0.3, 0.4) is 0 Å². The summed E-state index contributed by atoms with van der Waals surface area (Å²) in [6.07, 6.45) is 5.06. The van der Waals surface area contributed by atoms with Crippen molar-refractivity contribution in [2.24, 2.45) is 0 Å². The Morgan fingerprint density at radius 1 is 1.04 bits per heavy atom. The number of carboxylic acids is 1. The first-order chi connectivity index (χ1) is 13.3. The minimum atomic E-state index is -0.915. The molecule has 0 amide bonds. The van der Waals surface area contributed by atoms with Crippen molar-refractivity contribution in [2.75, 3.05) is 7.05 Å². The van der Waals surface area contributed by atoms with Crippen LogP contribution in [0.5, 0.6) is 0 Å². The molecule has 0 saturated heterocycles. The molecule has 1 atom stereocenters. The van der Waals surface area contributed by atoms with E-state index in [-0.39, 0.29) is 11.0 Å². The Morgan fingerprint density at radius 2 is 1.68 bits per heavy atom. The lowest BCUT2D eigenvalue weighted by molar-refractivity contribution is 0.0697. The predicted molar refractivity (Wildman–Crippen MR) is 112 cm³/mol. The SMILES string of the molecule is CN(C1CC1)C1CCC(C)(C)c2cc(C#Cc3ccc(C(=O)O)cc3)ccc21. The molecule has 0 radical (unpaired) electrons. The van der Waals surface area contributed by atoms with Gasteiger partial charge in [-0.2, -0.15) is 0 Å². The highest BCUT2D eigenvalue weighted by Crippen LogP contribution is 2.46. The molecule has 2 aliphatic rings. The molecule has 1 fully saturated rings. The first kappa shape index (κ1) is 18.8. The van der Waals surface area contributed by atoms with Crippen LogP contribution < -0.4 is 0 Å². The molecule has 2 aromatic carbocycles. The fraction of sp³-hybridized carbons (Fsp3) is 0.400. The van der Waals surface area contributed by atoms with Gasteiger partial charge in [0.1, 0.15) is 0 Å². The van der Waals surface area contributed by atoms with E-state index in [4.69, 9.17) is 5.11 Å². The summed E-state index contributed by atoms with van der Waals surface area (Å²) in [7, 11) is 2.28. The van der Waals surface area contributed by atoms with Gasteiger partial charge in [-0.15, -0.1) is 0 Å². The van der Waals surface area contributed by atoms with Crippen LogP contribution in [0, 0.1) is 11.8 Å². The topological polar surface area (TPSA) is 40.5 Å². The van der Waals surface area contributed by atoms with Crippen LogP contribution in [0.4, 0.5) is 0 Å². The van der Waals surface area contributed by atoms with E-state index >= 15 is 0 Å². The van der Waals surface area contributed by atoms with Gasteiger partial charge >= 0.3 is 5.97 Å². The highest BCUT2D eigenvalue weighted by Gasteiger charge is 2.38. The summed E-state index contributed by atoms with van der Waals surface area (Å²) < 4.78 is 0. The van der Waals surface area contributed by atoms with Crippen LogP contribution >= 0.6 is 0 Å². The van der Waals surface area contributed by atoms with Gasteiger partial charge in [-0.25, -0.2) is 4.79 Å². The highest BCUT2D eigenvalue weighted by atomic mass is 16.4. The van der Waals surface area contributed by atoms with Crippen molar-refractivity contribution in [3.05, 3.63) is 70.3 Å². The molecule has 4 rings (SSSR count). The molecule has 144 valence electrons. The minimum Gasteiger partial charge on any atom is -0.478 e. The molecule has 0 aromatic heterocycles. The summed E-state index contributed by atoms with van der Waals surface area (Å²) in [5.74, 6) is 5.52. The van der Waals surface area contributed by atoms with Gasteiger partial charge in [0.05, 0.1) is 5.56 Å². The number of nitrogens with zero attached hydrogens (tertiary/aromatic N) is 1. The third kappa shape index (κ3) is 3.70. The Morgan fingerprint density at radius 3 is 2.32 bits per heavy atom. The Balaban J connectivity index is 1.63. The zero-order valence-electron chi connectivity index (χ0n) is 16.8. The summed E-state index contributed by atoms with van der Waals surface area (Å²) >= 11 is 0. The monoisotopic (exact) mass is 373 g/mol. The molecule has 3 nitrogen and oxygen atoms in total. The molecular formula is C25H27NO2. The molecule has 1 saturated carbocycles. The molecule has 0 spiro atoms. The molecule has 2 aromatic rings. The second kappa shape index (κ2) is 7.11. The maximum absolute atomic E-state index is 11.0. The third-order valence-corrected chi connectivity index (χ3v) is 6.28. The van der Waals surface area contributed by atoms with Crippen molar-refractivity contribution in [3.63, 3.8) is 0 Å². The lowest BCUT2D eigenvalue weighted by Crippen LogP contribution is -2.35. The number of hydrogen-bond donors (Lipinski definition) is 1. The smallest absolute Gasteiger partial charge is 0.335 e. The number of carbonyl (C=O) groups is 1. The maximum atomic E-state index is 11.0.